The summed E-state index contributed by atoms with van der Waals surface area (Å²) in [5, 5.41) is 3.27. The Balaban J connectivity index is 2.04. The second-order valence-corrected chi connectivity index (χ2v) is 4.77. The van der Waals surface area contributed by atoms with Gasteiger partial charge in [-0.15, -0.1) is 11.6 Å². The molecule has 0 radical (unpaired) electrons. The van der Waals surface area contributed by atoms with Gasteiger partial charge in [-0.1, -0.05) is 23.7 Å². The number of halogens is 2. The fourth-order valence-corrected chi connectivity index (χ4v) is 1.90. The summed E-state index contributed by atoms with van der Waals surface area (Å²) < 4.78 is 0. The van der Waals surface area contributed by atoms with E-state index in [0.717, 1.165) is 17.7 Å². The van der Waals surface area contributed by atoms with Gasteiger partial charge in [-0.2, -0.15) is 0 Å². The summed E-state index contributed by atoms with van der Waals surface area (Å²) in [5.74, 6) is 0.321. The predicted molar refractivity (Wildman–Crippen MR) is 78.1 cm³/mol. The molecule has 98 valence electrons. The first-order valence-corrected chi connectivity index (χ1v) is 6.68. The highest BCUT2D eigenvalue weighted by molar-refractivity contribution is 6.30. The van der Waals surface area contributed by atoms with E-state index in [1.54, 1.807) is 12.1 Å². The van der Waals surface area contributed by atoms with Crippen LogP contribution in [-0.4, -0.2) is 16.8 Å². The highest BCUT2D eigenvalue weighted by Gasteiger charge is 2.07. The van der Waals surface area contributed by atoms with Gasteiger partial charge in [0.1, 0.15) is 5.69 Å². The van der Waals surface area contributed by atoms with Gasteiger partial charge in [0, 0.05) is 17.8 Å². The zero-order valence-corrected chi connectivity index (χ0v) is 11.6. The minimum absolute atomic E-state index is 0.262. The Labute approximate surface area is 121 Å². The van der Waals surface area contributed by atoms with Crippen LogP contribution in [0.2, 0.25) is 5.02 Å². The lowest BCUT2D eigenvalue weighted by Gasteiger charge is -2.05. The average molecular weight is 295 g/mol. The lowest BCUT2D eigenvalue weighted by Crippen LogP contribution is -2.13. The largest absolute Gasteiger partial charge is 0.321 e. The number of hydrogen-bond acceptors (Lipinski definition) is 2. The molecule has 0 aliphatic carbocycles. The molecular weight excluding hydrogens is 283 g/mol. The number of hydrogen-bond donors (Lipinski definition) is 1. The van der Waals surface area contributed by atoms with Crippen LogP contribution in [0.15, 0.2) is 42.6 Å². The molecule has 0 saturated carbocycles. The minimum Gasteiger partial charge on any atom is -0.321 e. The Morgan fingerprint density at radius 3 is 2.47 bits per heavy atom. The number of carbonyl (C=O) groups excluding carboxylic acids is 1. The van der Waals surface area contributed by atoms with Crippen LogP contribution in [-0.2, 0) is 6.42 Å². The Morgan fingerprint density at radius 2 is 1.89 bits per heavy atom. The van der Waals surface area contributed by atoms with Gasteiger partial charge in [-0.3, -0.25) is 4.79 Å². The first-order valence-electron chi connectivity index (χ1n) is 5.77. The van der Waals surface area contributed by atoms with Gasteiger partial charge in [-0.25, -0.2) is 4.98 Å². The number of nitrogens with zero attached hydrogens (tertiary/aromatic N) is 1. The lowest BCUT2D eigenvalue weighted by molar-refractivity contribution is 0.102. The molecule has 1 aromatic carbocycles. The van der Waals surface area contributed by atoms with Crippen molar-refractivity contribution >= 4 is 34.8 Å². The number of anilines is 1. The number of amides is 1. The van der Waals surface area contributed by atoms with E-state index in [9.17, 15) is 4.79 Å². The third kappa shape index (κ3) is 3.94. The standard InChI is InChI=1S/C14H12Cl2N2O/c15-8-7-10-1-4-12(5-2-10)18-14(19)13-6-3-11(16)9-17-13/h1-6,9H,7-8H2,(H,18,19). The second kappa shape index (κ2) is 6.55. The zero-order chi connectivity index (χ0) is 13.7. The topological polar surface area (TPSA) is 42.0 Å². The van der Waals surface area contributed by atoms with E-state index in [1.165, 1.54) is 6.20 Å². The summed E-state index contributed by atoms with van der Waals surface area (Å²) in [4.78, 5) is 15.9. The molecule has 0 unspecified atom stereocenters. The molecule has 1 heterocycles. The molecule has 19 heavy (non-hydrogen) atoms. The maximum atomic E-state index is 11.9. The summed E-state index contributed by atoms with van der Waals surface area (Å²) in [6.45, 7) is 0. The molecule has 0 fully saturated rings. The Kier molecular flexibility index (Phi) is 4.77. The van der Waals surface area contributed by atoms with Crippen molar-refractivity contribution in [1.82, 2.24) is 4.98 Å². The molecule has 1 N–H and O–H groups in total. The van der Waals surface area contributed by atoms with E-state index in [-0.39, 0.29) is 5.91 Å². The molecule has 2 rings (SSSR count). The number of aryl methyl sites for hydroxylation is 1. The maximum Gasteiger partial charge on any atom is 0.274 e. The van der Waals surface area contributed by atoms with E-state index in [1.807, 2.05) is 24.3 Å². The number of benzene rings is 1. The minimum atomic E-state index is -0.262. The van der Waals surface area contributed by atoms with Crippen LogP contribution in [0, 0.1) is 0 Å². The maximum absolute atomic E-state index is 11.9. The predicted octanol–water partition coefficient (Wildman–Crippen LogP) is 3.77. The van der Waals surface area contributed by atoms with Crippen molar-refractivity contribution in [2.24, 2.45) is 0 Å². The van der Waals surface area contributed by atoms with Crippen LogP contribution < -0.4 is 5.32 Å². The van der Waals surface area contributed by atoms with Crippen LogP contribution in [0.3, 0.4) is 0 Å². The SMILES string of the molecule is O=C(Nc1ccc(CCCl)cc1)c1ccc(Cl)cn1. The van der Waals surface area contributed by atoms with Crippen molar-refractivity contribution < 1.29 is 4.79 Å². The van der Waals surface area contributed by atoms with Crippen LogP contribution in [0.25, 0.3) is 0 Å². The molecule has 0 saturated heterocycles. The van der Waals surface area contributed by atoms with Crippen molar-refractivity contribution in [2.45, 2.75) is 6.42 Å². The molecule has 1 amide bonds. The Hall–Kier alpha value is -1.58. The monoisotopic (exact) mass is 294 g/mol. The molecule has 2 aromatic rings. The quantitative estimate of drug-likeness (QED) is 0.872. The summed E-state index contributed by atoms with van der Waals surface area (Å²) >= 11 is 11.4. The molecule has 0 aliphatic heterocycles. The summed E-state index contributed by atoms with van der Waals surface area (Å²) in [6.07, 6.45) is 2.26. The number of pyridine rings is 1. The van der Waals surface area contributed by atoms with Gasteiger partial charge < -0.3 is 5.32 Å². The third-order valence-electron chi connectivity index (χ3n) is 2.55. The fourth-order valence-electron chi connectivity index (χ4n) is 1.57. The van der Waals surface area contributed by atoms with Gasteiger partial charge in [0.15, 0.2) is 0 Å². The molecule has 0 spiro atoms. The third-order valence-corrected chi connectivity index (χ3v) is 2.97. The van der Waals surface area contributed by atoms with E-state index in [4.69, 9.17) is 23.2 Å². The van der Waals surface area contributed by atoms with Gasteiger partial charge in [0.2, 0.25) is 0 Å². The zero-order valence-electron chi connectivity index (χ0n) is 10.1. The lowest BCUT2D eigenvalue weighted by atomic mass is 10.1. The molecule has 0 aliphatic rings. The van der Waals surface area contributed by atoms with Crippen LogP contribution in [0.4, 0.5) is 5.69 Å². The van der Waals surface area contributed by atoms with E-state index < -0.39 is 0 Å². The molecule has 1 aromatic heterocycles. The van der Waals surface area contributed by atoms with Crippen molar-refractivity contribution in [1.29, 1.82) is 0 Å². The highest BCUT2D eigenvalue weighted by Crippen LogP contribution is 2.12. The highest BCUT2D eigenvalue weighted by atomic mass is 35.5. The van der Waals surface area contributed by atoms with Gasteiger partial charge in [0.05, 0.1) is 5.02 Å². The summed E-state index contributed by atoms with van der Waals surface area (Å²) in [5.41, 5.74) is 2.19. The summed E-state index contributed by atoms with van der Waals surface area (Å²) in [7, 11) is 0. The number of nitrogens with one attached hydrogen (secondary N) is 1. The van der Waals surface area contributed by atoms with Gasteiger partial charge >= 0.3 is 0 Å². The van der Waals surface area contributed by atoms with Crippen LogP contribution in [0.5, 0.6) is 0 Å². The molecular formula is C14H12Cl2N2O. The number of rotatable bonds is 4. The average Bonchev–Trinajstić information content (AvgIpc) is 2.42. The van der Waals surface area contributed by atoms with Gasteiger partial charge in [-0.05, 0) is 36.2 Å². The van der Waals surface area contributed by atoms with E-state index in [0.29, 0.717) is 16.6 Å². The molecule has 0 bridgehead atoms. The Morgan fingerprint density at radius 1 is 1.16 bits per heavy atom. The Bertz CT molecular complexity index is 553. The number of aromatic nitrogens is 1. The van der Waals surface area contributed by atoms with E-state index in [2.05, 4.69) is 10.3 Å². The van der Waals surface area contributed by atoms with Crippen molar-refractivity contribution in [3.63, 3.8) is 0 Å². The van der Waals surface area contributed by atoms with Crippen LogP contribution in [0.1, 0.15) is 16.1 Å². The van der Waals surface area contributed by atoms with E-state index >= 15 is 0 Å². The normalized spacial score (nSPS) is 10.2. The van der Waals surface area contributed by atoms with Crippen molar-refractivity contribution in [3.05, 3.63) is 58.9 Å². The first-order chi connectivity index (χ1) is 9.19. The summed E-state index contributed by atoms with van der Waals surface area (Å²) in [6, 6.07) is 10.8. The van der Waals surface area contributed by atoms with Crippen LogP contribution >= 0.6 is 23.2 Å². The fraction of sp³-hybridized carbons (Fsp3) is 0.143. The number of alkyl halides is 1. The second-order valence-electron chi connectivity index (χ2n) is 3.95. The van der Waals surface area contributed by atoms with Crippen molar-refractivity contribution in [3.8, 4) is 0 Å². The molecule has 3 nitrogen and oxygen atoms in total. The molecule has 5 heteroatoms. The smallest absolute Gasteiger partial charge is 0.274 e. The van der Waals surface area contributed by atoms with Gasteiger partial charge in [0.25, 0.3) is 5.91 Å². The van der Waals surface area contributed by atoms with Crippen molar-refractivity contribution in [2.75, 3.05) is 11.2 Å². The number of carbonyl (C=O) groups is 1. The molecule has 0 atom stereocenters. The first kappa shape index (κ1) is 13.8.